The van der Waals surface area contributed by atoms with Crippen molar-refractivity contribution in [2.75, 3.05) is 53.0 Å². The third-order valence-electron chi connectivity index (χ3n) is 7.25. The number of ether oxygens (including phenoxy) is 1. The van der Waals surface area contributed by atoms with Crippen molar-refractivity contribution in [3.63, 3.8) is 0 Å². The Morgan fingerprint density at radius 3 is 3.07 bits per heavy atom. The minimum Gasteiger partial charge on any atom is -0.383 e. The van der Waals surface area contributed by atoms with Gasteiger partial charge in [-0.1, -0.05) is 0 Å². The van der Waals surface area contributed by atoms with Crippen molar-refractivity contribution >= 4 is 0 Å². The van der Waals surface area contributed by atoms with Gasteiger partial charge in [0.2, 0.25) is 0 Å². The van der Waals surface area contributed by atoms with Crippen LogP contribution >= 0.6 is 0 Å². The van der Waals surface area contributed by atoms with Crippen LogP contribution < -0.4 is 31.6 Å². The van der Waals surface area contributed by atoms with Crippen LogP contribution in [0.1, 0.15) is 38.5 Å². The van der Waals surface area contributed by atoms with Crippen LogP contribution in [0.25, 0.3) is 0 Å². The molecule has 0 aromatic heterocycles. The molecule has 0 bridgehead atoms. The Balaban J connectivity index is 1.24. The van der Waals surface area contributed by atoms with Crippen molar-refractivity contribution in [1.29, 1.82) is 0 Å². The molecule has 28 heavy (non-hydrogen) atoms. The van der Waals surface area contributed by atoms with Crippen molar-refractivity contribution < 1.29 is 19.8 Å². The lowest BCUT2D eigenvalue weighted by atomic mass is 9.92. The molecule has 7 atom stereocenters. The number of rotatable bonds is 8. The van der Waals surface area contributed by atoms with Crippen molar-refractivity contribution in [2.24, 2.45) is 11.8 Å². The molecular formula is C20H42N6O2+2. The zero-order valence-corrected chi connectivity index (χ0v) is 17.6. The van der Waals surface area contributed by atoms with Gasteiger partial charge in [0, 0.05) is 57.7 Å². The molecule has 4 saturated heterocycles. The molecular weight excluding hydrogens is 356 g/mol. The van der Waals surface area contributed by atoms with Gasteiger partial charge in [0.1, 0.15) is 12.2 Å². The highest BCUT2D eigenvalue weighted by Crippen LogP contribution is 2.20. The van der Waals surface area contributed by atoms with Crippen LogP contribution in [0, 0.1) is 11.8 Å². The predicted octanol–water partition coefficient (Wildman–Crippen LogP) is -2.65. The third kappa shape index (κ3) is 5.43. The van der Waals surface area contributed by atoms with Gasteiger partial charge in [0.25, 0.3) is 0 Å². The maximum Gasteiger partial charge on any atom is 0.183 e. The minimum atomic E-state index is 0.157. The van der Waals surface area contributed by atoms with Crippen LogP contribution in [0.5, 0.6) is 0 Å². The summed E-state index contributed by atoms with van der Waals surface area (Å²) in [5, 5.41) is 13.4. The van der Waals surface area contributed by atoms with Gasteiger partial charge in [-0.3, -0.25) is 15.5 Å². The molecule has 0 saturated carbocycles. The Morgan fingerprint density at radius 2 is 2.21 bits per heavy atom. The molecule has 7 N–H and O–H groups in total. The van der Waals surface area contributed by atoms with E-state index in [9.17, 15) is 0 Å². The van der Waals surface area contributed by atoms with Crippen LogP contribution in [0.4, 0.5) is 0 Å². The average Bonchev–Trinajstić information content (AvgIpc) is 3.39. The molecule has 4 aliphatic rings. The van der Waals surface area contributed by atoms with Gasteiger partial charge in [0.15, 0.2) is 6.23 Å². The van der Waals surface area contributed by atoms with Gasteiger partial charge < -0.3 is 20.3 Å². The SMILES string of the molecule is COCCNC1CC(C2NOC([C@H]3CCC[NH+]3CC3CCCNC3)N2)CC[NH2+]1. The summed E-state index contributed by atoms with van der Waals surface area (Å²) in [7, 11) is 1.76. The van der Waals surface area contributed by atoms with Gasteiger partial charge >= 0.3 is 0 Å². The fourth-order valence-electron chi connectivity index (χ4n) is 5.72. The zero-order valence-electron chi connectivity index (χ0n) is 17.6. The number of hydrogen-bond acceptors (Lipinski definition) is 6. The lowest BCUT2D eigenvalue weighted by Crippen LogP contribution is -3.16. The van der Waals surface area contributed by atoms with Gasteiger partial charge in [-0.05, 0) is 19.4 Å². The second kappa shape index (κ2) is 10.6. The van der Waals surface area contributed by atoms with Gasteiger partial charge in [-0.2, -0.15) is 5.48 Å². The second-order valence-electron chi connectivity index (χ2n) is 9.24. The molecule has 4 heterocycles. The number of methoxy groups -OCH3 is 1. The molecule has 8 nitrogen and oxygen atoms in total. The number of nitrogens with two attached hydrogens (primary N) is 1. The first-order valence-electron chi connectivity index (χ1n) is 11.6. The van der Waals surface area contributed by atoms with E-state index >= 15 is 0 Å². The first-order chi connectivity index (χ1) is 13.8. The van der Waals surface area contributed by atoms with Crippen LogP contribution in [-0.2, 0) is 9.57 Å². The largest absolute Gasteiger partial charge is 0.383 e. The quantitative estimate of drug-likeness (QED) is 0.251. The van der Waals surface area contributed by atoms with E-state index in [1.807, 2.05) is 0 Å². The molecule has 4 rings (SSSR count). The number of likely N-dealkylation sites (tertiary alicyclic amines) is 1. The summed E-state index contributed by atoms with van der Waals surface area (Å²) in [6.45, 7) is 7.88. The first kappa shape index (κ1) is 20.9. The molecule has 0 aliphatic carbocycles. The Hall–Kier alpha value is -0.320. The normalized spacial score (nSPS) is 42.1. The van der Waals surface area contributed by atoms with Crippen LogP contribution in [0.2, 0.25) is 0 Å². The monoisotopic (exact) mass is 398 g/mol. The highest BCUT2D eigenvalue weighted by atomic mass is 16.7. The van der Waals surface area contributed by atoms with Gasteiger partial charge in [-0.25, -0.2) is 0 Å². The van der Waals surface area contributed by atoms with Crippen LogP contribution in [0.3, 0.4) is 0 Å². The van der Waals surface area contributed by atoms with E-state index in [4.69, 9.17) is 9.57 Å². The number of quaternary nitrogens is 2. The van der Waals surface area contributed by atoms with Gasteiger partial charge in [0.05, 0.1) is 32.4 Å². The van der Waals surface area contributed by atoms with E-state index in [1.54, 1.807) is 12.0 Å². The number of hydrogen-bond donors (Lipinski definition) is 6. The van der Waals surface area contributed by atoms with Crippen molar-refractivity contribution in [2.45, 2.75) is 63.1 Å². The second-order valence-corrected chi connectivity index (χ2v) is 9.24. The summed E-state index contributed by atoms with van der Waals surface area (Å²) in [4.78, 5) is 7.86. The maximum absolute atomic E-state index is 6.11. The Kier molecular flexibility index (Phi) is 7.95. The highest BCUT2D eigenvalue weighted by Gasteiger charge is 2.44. The fraction of sp³-hybridized carbons (Fsp3) is 1.00. The molecule has 162 valence electrons. The zero-order chi connectivity index (χ0) is 19.2. The molecule has 0 radical (unpaired) electrons. The topological polar surface area (TPSA) is 87.6 Å². The van der Waals surface area contributed by atoms with Crippen molar-refractivity contribution in [1.82, 2.24) is 21.4 Å². The molecule has 0 aromatic rings. The summed E-state index contributed by atoms with van der Waals surface area (Å²) in [6, 6.07) is 0.588. The molecule has 0 amide bonds. The molecule has 8 heteroatoms. The first-order valence-corrected chi connectivity index (χ1v) is 11.6. The van der Waals surface area contributed by atoms with E-state index < -0.39 is 0 Å². The molecule has 6 unspecified atom stereocenters. The Morgan fingerprint density at radius 1 is 1.25 bits per heavy atom. The fourth-order valence-corrected chi connectivity index (χ4v) is 5.72. The number of piperidine rings is 2. The number of nitrogens with one attached hydrogen (secondary N) is 5. The van der Waals surface area contributed by atoms with Crippen LogP contribution in [0.15, 0.2) is 0 Å². The third-order valence-corrected chi connectivity index (χ3v) is 7.25. The molecule has 0 aromatic carbocycles. The van der Waals surface area contributed by atoms with Crippen molar-refractivity contribution in [3.05, 3.63) is 0 Å². The highest BCUT2D eigenvalue weighted by molar-refractivity contribution is 4.84. The van der Waals surface area contributed by atoms with Gasteiger partial charge in [-0.15, -0.1) is 0 Å². The summed E-state index contributed by atoms with van der Waals surface area (Å²) in [5.74, 6) is 1.45. The Labute approximate surface area is 169 Å². The molecule has 0 spiro atoms. The lowest BCUT2D eigenvalue weighted by molar-refractivity contribution is -0.919. The van der Waals surface area contributed by atoms with E-state index in [0.717, 1.165) is 19.1 Å². The predicted molar refractivity (Wildman–Crippen MR) is 107 cm³/mol. The van der Waals surface area contributed by atoms with E-state index in [-0.39, 0.29) is 12.4 Å². The lowest BCUT2D eigenvalue weighted by Gasteiger charge is -2.32. The van der Waals surface area contributed by atoms with Crippen LogP contribution in [-0.4, -0.2) is 77.6 Å². The maximum atomic E-state index is 6.11. The van der Waals surface area contributed by atoms with Crippen molar-refractivity contribution in [3.8, 4) is 0 Å². The molecule has 4 fully saturated rings. The van der Waals surface area contributed by atoms with E-state index in [0.29, 0.717) is 18.1 Å². The standard InChI is InChI=1S/C20H40N6O2/c1-27-11-9-23-18-12-16(6-8-22-18)19-24-20(28-25-19)17-5-3-10-26(17)14-15-4-2-7-21-13-15/h15-25H,2-14H2,1H3/p+2/t15?,16?,17-,18?,19?,20?/m1/s1. The smallest absolute Gasteiger partial charge is 0.183 e. The number of hydroxylamine groups is 1. The summed E-state index contributed by atoms with van der Waals surface area (Å²) in [6.07, 6.45) is 8.66. The Bertz CT molecular complexity index is 464. The average molecular weight is 399 g/mol. The molecule has 4 aliphatic heterocycles. The minimum absolute atomic E-state index is 0.157. The van der Waals surface area contributed by atoms with E-state index in [2.05, 4.69) is 26.7 Å². The summed E-state index contributed by atoms with van der Waals surface area (Å²) >= 11 is 0. The van der Waals surface area contributed by atoms with E-state index in [1.165, 1.54) is 71.2 Å². The summed E-state index contributed by atoms with van der Waals surface area (Å²) in [5.41, 5.74) is 3.36. The summed E-state index contributed by atoms with van der Waals surface area (Å²) < 4.78 is 5.17.